The zero-order valence-corrected chi connectivity index (χ0v) is 15.3. The normalized spacial score (nSPS) is 18.8. The molecule has 2 fully saturated rings. The maximum Gasteiger partial charge on any atom is 0.321 e. The molecule has 1 unspecified atom stereocenters. The van der Waals surface area contributed by atoms with Gasteiger partial charge in [0, 0.05) is 17.2 Å². The van der Waals surface area contributed by atoms with Crippen LogP contribution in [0.5, 0.6) is 0 Å². The van der Waals surface area contributed by atoms with Gasteiger partial charge in [-0.25, -0.2) is 9.78 Å². The average Bonchev–Trinajstić information content (AvgIpc) is 3.08. The molecule has 2 N–H and O–H groups in total. The van der Waals surface area contributed by atoms with Crippen molar-refractivity contribution in [1.82, 2.24) is 20.4 Å². The molecule has 1 atom stereocenters. The number of amides is 2. The fourth-order valence-corrected chi connectivity index (χ4v) is 3.69. The number of urea groups is 1. The maximum absolute atomic E-state index is 12.4. The van der Waals surface area contributed by atoms with Crippen LogP contribution in [0.3, 0.4) is 0 Å². The highest BCUT2D eigenvalue weighted by Gasteiger charge is 2.31. The molecule has 0 spiro atoms. The van der Waals surface area contributed by atoms with Gasteiger partial charge < -0.3 is 9.84 Å². The predicted octanol–water partition coefficient (Wildman–Crippen LogP) is 4.19. The summed E-state index contributed by atoms with van der Waals surface area (Å²) in [4.78, 5) is 21.4. The molecule has 0 saturated heterocycles. The van der Waals surface area contributed by atoms with Gasteiger partial charge >= 0.3 is 6.03 Å². The Kier molecular flexibility index (Phi) is 4.45. The Bertz CT molecular complexity index is 748. The largest absolute Gasteiger partial charge is 0.337 e. The first-order chi connectivity index (χ1) is 12.1. The third kappa shape index (κ3) is 3.68. The van der Waals surface area contributed by atoms with Gasteiger partial charge in [0.25, 0.3) is 0 Å². The van der Waals surface area contributed by atoms with Crippen LogP contribution in [0, 0.1) is 5.92 Å². The van der Waals surface area contributed by atoms with Crippen LogP contribution in [0.25, 0.3) is 0 Å². The Morgan fingerprint density at radius 3 is 2.68 bits per heavy atom. The minimum atomic E-state index is -0.314. The Morgan fingerprint density at radius 1 is 1.24 bits per heavy atom. The van der Waals surface area contributed by atoms with Gasteiger partial charge in [0.15, 0.2) is 11.0 Å². The lowest BCUT2D eigenvalue weighted by molar-refractivity contribution is 0.235. The van der Waals surface area contributed by atoms with Crippen molar-refractivity contribution < 1.29 is 9.32 Å². The lowest BCUT2D eigenvalue weighted by Crippen LogP contribution is -2.35. The smallest absolute Gasteiger partial charge is 0.321 e. The zero-order valence-electron chi connectivity index (χ0n) is 14.5. The topological polar surface area (TPSA) is 92.9 Å². The first kappa shape index (κ1) is 16.5. The molecule has 25 heavy (non-hydrogen) atoms. The van der Waals surface area contributed by atoms with Crippen LogP contribution in [0.1, 0.15) is 81.2 Å². The third-order valence-electron chi connectivity index (χ3n) is 4.89. The molecule has 0 bridgehead atoms. The molecule has 2 amide bonds. The first-order valence-electron chi connectivity index (χ1n) is 8.96. The fourth-order valence-electron chi connectivity index (χ4n) is 2.90. The number of hydrogen-bond acceptors (Lipinski definition) is 6. The zero-order chi connectivity index (χ0) is 17.4. The van der Waals surface area contributed by atoms with E-state index >= 15 is 0 Å². The van der Waals surface area contributed by atoms with Crippen molar-refractivity contribution >= 4 is 22.5 Å². The van der Waals surface area contributed by atoms with E-state index in [0.29, 0.717) is 22.9 Å². The third-order valence-corrected chi connectivity index (χ3v) is 5.66. The number of hydrogen-bond donors (Lipinski definition) is 2. The van der Waals surface area contributed by atoms with Crippen molar-refractivity contribution in [3.8, 4) is 0 Å². The highest BCUT2D eigenvalue weighted by atomic mass is 32.1. The molecule has 2 aliphatic rings. The second-order valence-corrected chi connectivity index (χ2v) is 8.15. The SMILES string of the molecule is CC(C)C(NC(=O)Nc1nc(C2CCC2)cs1)c1nc(C2CC2)no1. The summed E-state index contributed by atoms with van der Waals surface area (Å²) in [6.45, 7) is 4.04. The molecule has 0 aromatic carbocycles. The highest BCUT2D eigenvalue weighted by Crippen LogP contribution is 2.39. The second-order valence-electron chi connectivity index (χ2n) is 7.29. The van der Waals surface area contributed by atoms with Crippen LogP contribution in [0.2, 0.25) is 0 Å². The number of rotatable bonds is 6. The minimum absolute atomic E-state index is 0.139. The molecule has 0 aliphatic heterocycles. The standard InChI is InChI=1S/C17H23N5O2S/c1-9(2)13(15-20-14(22-24-15)11-6-7-11)19-16(23)21-17-18-12(8-25-17)10-4-3-5-10/h8-11,13H,3-7H2,1-2H3,(H2,18,19,21,23). The van der Waals surface area contributed by atoms with Crippen LogP contribution in [0.4, 0.5) is 9.93 Å². The Balaban J connectivity index is 1.38. The van der Waals surface area contributed by atoms with E-state index in [1.165, 1.54) is 30.6 Å². The van der Waals surface area contributed by atoms with E-state index in [1.807, 2.05) is 19.2 Å². The maximum atomic E-state index is 12.4. The van der Waals surface area contributed by atoms with Crippen molar-refractivity contribution in [1.29, 1.82) is 0 Å². The Hall–Kier alpha value is -1.96. The van der Waals surface area contributed by atoms with Gasteiger partial charge in [-0.1, -0.05) is 25.4 Å². The molecule has 7 nitrogen and oxygen atoms in total. The Labute approximate surface area is 150 Å². The van der Waals surface area contributed by atoms with E-state index in [9.17, 15) is 4.79 Å². The number of nitrogens with zero attached hydrogens (tertiary/aromatic N) is 3. The second kappa shape index (κ2) is 6.74. The number of carbonyl (C=O) groups excluding carboxylic acids is 1. The van der Waals surface area contributed by atoms with E-state index in [2.05, 4.69) is 25.8 Å². The lowest BCUT2D eigenvalue weighted by atomic mass is 9.83. The van der Waals surface area contributed by atoms with E-state index in [4.69, 9.17) is 4.52 Å². The van der Waals surface area contributed by atoms with Crippen LogP contribution in [-0.2, 0) is 0 Å². The highest BCUT2D eigenvalue weighted by molar-refractivity contribution is 7.13. The van der Waals surface area contributed by atoms with E-state index in [-0.39, 0.29) is 18.0 Å². The summed E-state index contributed by atoms with van der Waals surface area (Å²) >= 11 is 1.47. The molecule has 0 radical (unpaired) electrons. The molecule has 2 heterocycles. The van der Waals surface area contributed by atoms with Gasteiger partial charge in [0.05, 0.1) is 5.69 Å². The molecular formula is C17H23N5O2S. The minimum Gasteiger partial charge on any atom is -0.337 e. The van der Waals surface area contributed by atoms with Crippen LogP contribution < -0.4 is 10.6 Å². The van der Waals surface area contributed by atoms with Gasteiger partial charge in [0.2, 0.25) is 5.89 Å². The summed E-state index contributed by atoms with van der Waals surface area (Å²) in [6.07, 6.45) is 5.91. The Morgan fingerprint density at radius 2 is 2.04 bits per heavy atom. The number of carbonyl (C=O) groups is 1. The van der Waals surface area contributed by atoms with Gasteiger partial charge in [-0.05, 0) is 31.6 Å². The van der Waals surface area contributed by atoms with Gasteiger partial charge in [-0.2, -0.15) is 4.98 Å². The van der Waals surface area contributed by atoms with Gasteiger partial charge in [-0.3, -0.25) is 5.32 Å². The number of anilines is 1. The van der Waals surface area contributed by atoms with Crippen molar-refractivity contribution in [2.45, 2.75) is 63.8 Å². The molecule has 134 valence electrons. The predicted molar refractivity (Wildman–Crippen MR) is 94.7 cm³/mol. The van der Waals surface area contributed by atoms with Crippen LogP contribution >= 0.6 is 11.3 Å². The molecular weight excluding hydrogens is 338 g/mol. The van der Waals surface area contributed by atoms with Gasteiger partial charge in [-0.15, -0.1) is 11.3 Å². The van der Waals surface area contributed by atoms with Crippen molar-refractivity contribution in [2.75, 3.05) is 5.32 Å². The van der Waals surface area contributed by atoms with Crippen LogP contribution in [0.15, 0.2) is 9.90 Å². The molecule has 2 saturated carbocycles. The van der Waals surface area contributed by atoms with Crippen molar-refractivity contribution in [3.05, 3.63) is 22.8 Å². The van der Waals surface area contributed by atoms with E-state index in [0.717, 1.165) is 24.4 Å². The van der Waals surface area contributed by atoms with Crippen LogP contribution in [-0.4, -0.2) is 21.2 Å². The number of nitrogens with one attached hydrogen (secondary N) is 2. The van der Waals surface area contributed by atoms with Gasteiger partial charge in [0.1, 0.15) is 6.04 Å². The molecule has 2 aliphatic carbocycles. The summed E-state index contributed by atoms with van der Waals surface area (Å²) < 4.78 is 5.38. The molecule has 4 rings (SSSR count). The number of thiazole rings is 1. The van der Waals surface area contributed by atoms with E-state index in [1.54, 1.807) is 0 Å². The summed E-state index contributed by atoms with van der Waals surface area (Å²) in [7, 11) is 0. The molecule has 8 heteroatoms. The van der Waals surface area contributed by atoms with E-state index < -0.39 is 0 Å². The van der Waals surface area contributed by atoms with Crippen molar-refractivity contribution in [2.24, 2.45) is 5.92 Å². The quantitative estimate of drug-likeness (QED) is 0.805. The fraction of sp³-hybridized carbons (Fsp3) is 0.647. The molecule has 2 aromatic rings. The first-order valence-corrected chi connectivity index (χ1v) is 9.84. The van der Waals surface area contributed by atoms with Crippen molar-refractivity contribution in [3.63, 3.8) is 0 Å². The summed E-state index contributed by atoms with van der Waals surface area (Å²) in [5.74, 6) is 2.37. The summed E-state index contributed by atoms with van der Waals surface area (Å²) in [5.41, 5.74) is 1.10. The monoisotopic (exact) mass is 361 g/mol. The number of aromatic nitrogens is 3. The lowest BCUT2D eigenvalue weighted by Gasteiger charge is -2.23. The summed E-state index contributed by atoms with van der Waals surface area (Å²) in [5, 5.41) is 12.5. The average molecular weight is 361 g/mol. The summed E-state index contributed by atoms with van der Waals surface area (Å²) in [6, 6.07) is -0.606. The molecule has 2 aromatic heterocycles.